The van der Waals surface area contributed by atoms with Crippen LogP contribution < -0.4 is 14.8 Å². The Morgan fingerprint density at radius 3 is 2.38 bits per heavy atom. The number of benzene rings is 2. The molecule has 0 radical (unpaired) electrons. The number of nitrogens with one attached hydrogen (secondary N) is 1. The Kier molecular flexibility index (Phi) is 4.99. The van der Waals surface area contributed by atoms with E-state index in [2.05, 4.69) is 5.32 Å². The van der Waals surface area contributed by atoms with Crippen molar-refractivity contribution in [1.29, 1.82) is 0 Å². The number of para-hydroxylation sites is 1. The monoisotopic (exact) mass is 283 g/mol. The number of hydrogen-bond donors (Lipinski definition) is 1. The molecule has 4 nitrogen and oxygen atoms in total. The van der Waals surface area contributed by atoms with Gasteiger partial charge in [-0.25, -0.2) is 0 Å². The van der Waals surface area contributed by atoms with Gasteiger partial charge in [0, 0.05) is 11.8 Å². The molecule has 2 aromatic rings. The summed E-state index contributed by atoms with van der Waals surface area (Å²) in [6.07, 6.45) is 3.20. The Bertz CT molecular complexity index is 636. The van der Waals surface area contributed by atoms with Crippen LogP contribution in [0.25, 0.3) is 6.08 Å². The number of rotatable bonds is 5. The summed E-state index contributed by atoms with van der Waals surface area (Å²) in [7, 11) is 3.16. The molecule has 0 heterocycles. The van der Waals surface area contributed by atoms with E-state index < -0.39 is 0 Å². The van der Waals surface area contributed by atoms with E-state index in [1.54, 1.807) is 26.4 Å². The van der Waals surface area contributed by atoms with Crippen LogP contribution in [0.3, 0.4) is 0 Å². The van der Waals surface area contributed by atoms with Crippen LogP contribution in [0.5, 0.6) is 11.5 Å². The zero-order valence-corrected chi connectivity index (χ0v) is 12.0. The van der Waals surface area contributed by atoms with Crippen molar-refractivity contribution in [2.24, 2.45) is 0 Å². The SMILES string of the molecule is COc1ccc(/C=C/C(=O)Nc2ccccc2)cc1OC. The largest absolute Gasteiger partial charge is 0.493 e. The summed E-state index contributed by atoms with van der Waals surface area (Å²) in [5.74, 6) is 1.10. The highest BCUT2D eigenvalue weighted by Crippen LogP contribution is 2.27. The second-order valence-corrected chi connectivity index (χ2v) is 4.30. The van der Waals surface area contributed by atoms with E-state index in [1.165, 1.54) is 6.08 Å². The van der Waals surface area contributed by atoms with Gasteiger partial charge in [0.1, 0.15) is 0 Å². The molecule has 0 aliphatic carbocycles. The highest BCUT2D eigenvalue weighted by molar-refractivity contribution is 6.01. The molecular formula is C17H17NO3. The molecule has 0 saturated heterocycles. The lowest BCUT2D eigenvalue weighted by atomic mass is 10.2. The molecule has 21 heavy (non-hydrogen) atoms. The van der Waals surface area contributed by atoms with Gasteiger partial charge in [-0.1, -0.05) is 24.3 Å². The molecule has 0 aliphatic rings. The van der Waals surface area contributed by atoms with E-state index >= 15 is 0 Å². The van der Waals surface area contributed by atoms with Crippen molar-refractivity contribution in [3.05, 3.63) is 60.2 Å². The fraction of sp³-hybridized carbons (Fsp3) is 0.118. The highest BCUT2D eigenvalue weighted by Gasteiger charge is 2.03. The van der Waals surface area contributed by atoms with E-state index in [9.17, 15) is 4.79 Å². The number of carbonyl (C=O) groups excluding carboxylic acids is 1. The first-order valence-electron chi connectivity index (χ1n) is 6.49. The summed E-state index contributed by atoms with van der Waals surface area (Å²) in [6, 6.07) is 14.8. The minimum Gasteiger partial charge on any atom is -0.493 e. The Hall–Kier alpha value is -2.75. The Balaban J connectivity index is 2.05. The maximum absolute atomic E-state index is 11.8. The van der Waals surface area contributed by atoms with E-state index in [4.69, 9.17) is 9.47 Å². The molecule has 0 unspecified atom stereocenters. The molecule has 0 bridgehead atoms. The van der Waals surface area contributed by atoms with Crippen LogP contribution in [-0.2, 0) is 4.79 Å². The number of amides is 1. The molecule has 4 heteroatoms. The van der Waals surface area contributed by atoms with Crippen molar-refractivity contribution < 1.29 is 14.3 Å². The molecule has 0 atom stereocenters. The third kappa shape index (κ3) is 4.11. The Morgan fingerprint density at radius 1 is 1.00 bits per heavy atom. The molecule has 0 spiro atoms. The van der Waals surface area contributed by atoms with Gasteiger partial charge in [-0.05, 0) is 35.9 Å². The van der Waals surface area contributed by atoms with Crippen LogP contribution in [0.4, 0.5) is 5.69 Å². The fourth-order valence-corrected chi connectivity index (χ4v) is 1.83. The summed E-state index contributed by atoms with van der Waals surface area (Å²) in [4.78, 5) is 11.8. The number of anilines is 1. The van der Waals surface area contributed by atoms with E-state index in [0.29, 0.717) is 11.5 Å². The maximum atomic E-state index is 11.8. The van der Waals surface area contributed by atoms with Crippen LogP contribution in [0.15, 0.2) is 54.6 Å². The van der Waals surface area contributed by atoms with Crippen molar-refractivity contribution >= 4 is 17.7 Å². The standard InChI is InChI=1S/C17H17NO3/c1-20-15-10-8-13(12-16(15)21-2)9-11-17(19)18-14-6-4-3-5-7-14/h3-12H,1-2H3,(H,18,19)/b11-9+. The molecule has 0 fully saturated rings. The van der Waals surface area contributed by atoms with Gasteiger partial charge < -0.3 is 14.8 Å². The topological polar surface area (TPSA) is 47.6 Å². The summed E-state index contributed by atoms with van der Waals surface area (Å²) in [5.41, 5.74) is 1.62. The molecule has 108 valence electrons. The van der Waals surface area contributed by atoms with E-state index in [0.717, 1.165) is 11.3 Å². The maximum Gasteiger partial charge on any atom is 0.248 e. The third-order valence-corrected chi connectivity index (χ3v) is 2.88. The molecule has 1 N–H and O–H groups in total. The van der Waals surface area contributed by atoms with Gasteiger partial charge in [-0.3, -0.25) is 4.79 Å². The molecule has 0 aromatic heterocycles. The molecule has 1 amide bonds. The molecule has 0 aliphatic heterocycles. The quantitative estimate of drug-likeness (QED) is 0.856. The number of methoxy groups -OCH3 is 2. The first-order valence-corrected chi connectivity index (χ1v) is 6.49. The minimum atomic E-state index is -0.184. The second kappa shape index (κ2) is 7.14. The zero-order chi connectivity index (χ0) is 15.1. The molecule has 2 rings (SSSR count). The van der Waals surface area contributed by atoms with Crippen LogP contribution >= 0.6 is 0 Å². The van der Waals surface area contributed by atoms with Gasteiger partial charge in [0.2, 0.25) is 5.91 Å². The van der Waals surface area contributed by atoms with E-state index in [1.807, 2.05) is 42.5 Å². The van der Waals surface area contributed by atoms with Crippen LogP contribution in [-0.4, -0.2) is 20.1 Å². The first kappa shape index (κ1) is 14.7. The van der Waals surface area contributed by atoms with Crippen molar-refractivity contribution in [3.63, 3.8) is 0 Å². The van der Waals surface area contributed by atoms with E-state index in [-0.39, 0.29) is 5.91 Å². The number of ether oxygens (including phenoxy) is 2. The van der Waals surface area contributed by atoms with Gasteiger partial charge in [-0.2, -0.15) is 0 Å². The number of carbonyl (C=O) groups is 1. The Morgan fingerprint density at radius 2 is 1.71 bits per heavy atom. The molecule has 2 aromatic carbocycles. The average Bonchev–Trinajstić information content (AvgIpc) is 2.53. The summed E-state index contributed by atoms with van der Waals surface area (Å²) in [5, 5.41) is 2.78. The fourth-order valence-electron chi connectivity index (χ4n) is 1.83. The van der Waals surface area contributed by atoms with Crippen molar-refractivity contribution in [2.45, 2.75) is 0 Å². The molecule has 0 saturated carbocycles. The van der Waals surface area contributed by atoms with Crippen LogP contribution in [0.2, 0.25) is 0 Å². The predicted molar refractivity (Wildman–Crippen MR) is 83.7 cm³/mol. The van der Waals surface area contributed by atoms with Gasteiger partial charge in [0.25, 0.3) is 0 Å². The lowest BCUT2D eigenvalue weighted by molar-refractivity contribution is -0.111. The second-order valence-electron chi connectivity index (χ2n) is 4.30. The lowest BCUT2D eigenvalue weighted by Crippen LogP contribution is -2.07. The Labute approximate surface area is 124 Å². The van der Waals surface area contributed by atoms with Crippen molar-refractivity contribution in [2.75, 3.05) is 19.5 Å². The summed E-state index contributed by atoms with van der Waals surface area (Å²) < 4.78 is 10.4. The van der Waals surface area contributed by atoms with Crippen LogP contribution in [0, 0.1) is 0 Å². The summed E-state index contributed by atoms with van der Waals surface area (Å²) in [6.45, 7) is 0. The summed E-state index contributed by atoms with van der Waals surface area (Å²) >= 11 is 0. The highest BCUT2D eigenvalue weighted by atomic mass is 16.5. The first-order chi connectivity index (χ1) is 10.2. The van der Waals surface area contributed by atoms with Crippen molar-refractivity contribution in [3.8, 4) is 11.5 Å². The van der Waals surface area contributed by atoms with Crippen LogP contribution in [0.1, 0.15) is 5.56 Å². The average molecular weight is 283 g/mol. The zero-order valence-electron chi connectivity index (χ0n) is 12.0. The smallest absolute Gasteiger partial charge is 0.248 e. The van der Waals surface area contributed by atoms with Gasteiger partial charge in [0.15, 0.2) is 11.5 Å². The van der Waals surface area contributed by atoms with Gasteiger partial charge >= 0.3 is 0 Å². The lowest BCUT2D eigenvalue weighted by Gasteiger charge is -2.07. The normalized spacial score (nSPS) is 10.4. The van der Waals surface area contributed by atoms with Gasteiger partial charge in [0.05, 0.1) is 14.2 Å². The number of hydrogen-bond acceptors (Lipinski definition) is 3. The van der Waals surface area contributed by atoms with Gasteiger partial charge in [-0.15, -0.1) is 0 Å². The van der Waals surface area contributed by atoms with Crippen molar-refractivity contribution in [1.82, 2.24) is 0 Å². The minimum absolute atomic E-state index is 0.184. The third-order valence-electron chi connectivity index (χ3n) is 2.88. The predicted octanol–water partition coefficient (Wildman–Crippen LogP) is 3.36. The molecular weight excluding hydrogens is 266 g/mol.